The van der Waals surface area contributed by atoms with Crippen molar-refractivity contribution in [1.29, 1.82) is 0 Å². The van der Waals surface area contributed by atoms with E-state index < -0.39 is 6.09 Å². The van der Waals surface area contributed by atoms with Crippen molar-refractivity contribution in [1.82, 2.24) is 24.8 Å². The normalized spacial score (nSPS) is 20.2. The number of carbonyl (C=O) groups is 1. The van der Waals surface area contributed by atoms with E-state index in [4.69, 9.17) is 14.7 Å². The van der Waals surface area contributed by atoms with Gasteiger partial charge in [0.1, 0.15) is 5.82 Å². The Balaban J connectivity index is 1.60. The molecule has 1 amide bonds. The van der Waals surface area contributed by atoms with Crippen molar-refractivity contribution in [2.45, 2.75) is 46.2 Å². The number of nitrogens with zero attached hydrogens (tertiary/aromatic N) is 5. The summed E-state index contributed by atoms with van der Waals surface area (Å²) in [6, 6.07) is 8.01. The van der Waals surface area contributed by atoms with E-state index in [-0.39, 0.29) is 23.9 Å². The topological polar surface area (TPSA) is 119 Å². The molecule has 0 radical (unpaired) electrons. The predicted octanol–water partition coefficient (Wildman–Crippen LogP) is 4.46. The Labute approximate surface area is 210 Å². The predicted molar refractivity (Wildman–Crippen MR) is 138 cm³/mol. The number of ether oxygens (including phenoxy) is 1. The van der Waals surface area contributed by atoms with Crippen LogP contribution >= 0.6 is 0 Å². The zero-order chi connectivity index (χ0) is 25.4. The number of hydrogen-bond acceptors (Lipinski definition) is 7. The number of amides is 1. The molecule has 1 aromatic carbocycles. The monoisotopic (exact) mass is 491 g/mol. The molecule has 2 atom stereocenters. The van der Waals surface area contributed by atoms with Crippen LogP contribution in [0.15, 0.2) is 36.7 Å². The van der Waals surface area contributed by atoms with Gasteiger partial charge in [0, 0.05) is 48.2 Å². The summed E-state index contributed by atoms with van der Waals surface area (Å²) in [5, 5.41) is 13.1. The summed E-state index contributed by atoms with van der Waals surface area (Å²) in [6.45, 7) is 11.3. The largest absolute Gasteiger partial charge is 0.465 e. The lowest BCUT2D eigenvalue weighted by Gasteiger charge is -2.43. The van der Waals surface area contributed by atoms with E-state index >= 15 is 0 Å². The molecule has 5 rings (SSSR count). The van der Waals surface area contributed by atoms with Crippen LogP contribution < -0.4 is 10.2 Å². The smallest absolute Gasteiger partial charge is 0.407 e. The summed E-state index contributed by atoms with van der Waals surface area (Å²) in [7, 11) is 0. The number of aromatic nitrogens is 4. The molecule has 1 fully saturated rings. The second-order valence-electron chi connectivity index (χ2n) is 10.6. The van der Waals surface area contributed by atoms with Crippen LogP contribution in [0.4, 0.5) is 22.2 Å². The van der Waals surface area contributed by atoms with Gasteiger partial charge in [-0.25, -0.2) is 19.7 Å². The van der Waals surface area contributed by atoms with Crippen molar-refractivity contribution < 1.29 is 14.6 Å². The van der Waals surface area contributed by atoms with E-state index in [2.05, 4.69) is 47.9 Å². The minimum Gasteiger partial charge on any atom is -0.465 e. The number of H-pyrrole nitrogens is 1. The van der Waals surface area contributed by atoms with Gasteiger partial charge >= 0.3 is 6.09 Å². The van der Waals surface area contributed by atoms with Crippen molar-refractivity contribution in [3.8, 4) is 11.4 Å². The second-order valence-corrected chi connectivity index (χ2v) is 10.6. The number of carboxylic acid groups (broad SMARTS) is 1. The number of aromatic amines is 1. The number of benzene rings is 1. The number of nitrogens with one attached hydrogen (secondary N) is 2. The molecule has 2 aliphatic rings. The van der Waals surface area contributed by atoms with Gasteiger partial charge in [-0.1, -0.05) is 20.8 Å². The lowest BCUT2D eigenvalue weighted by molar-refractivity contribution is 0.0976. The van der Waals surface area contributed by atoms with Crippen LogP contribution in [0.25, 0.3) is 11.4 Å². The van der Waals surface area contributed by atoms with Gasteiger partial charge in [-0.3, -0.25) is 0 Å². The van der Waals surface area contributed by atoms with Gasteiger partial charge in [-0.05, 0) is 36.6 Å². The first kappa shape index (κ1) is 24.1. The SMILES string of the molecule is CC1COCCN1c1nc(-c2ccc(Nc3ncc[nH]3)cc2)nc2c1[C@H](C(C)(C)C)CN(C(=O)O)C2. The Hall–Kier alpha value is -3.66. The van der Waals surface area contributed by atoms with E-state index in [1.165, 1.54) is 4.90 Å². The number of rotatable bonds is 4. The van der Waals surface area contributed by atoms with Gasteiger partial charge in [-0.15, -0.1) is 0 Å². The molecule has 36 heavy (non-hydrogen) atoms. The average molecular weight is 492 g/mol. The second kappa shape index (κ2) is 9.42. The molecule has 2 aliphatic heterocycles. The van der Waals surface area contributed by atoms with Crippen LogP contribution in [0.2, 0.25) is 0 Å². The van der Waals surface area contributed by atoms with Crippen LogP contribution in [0.3, 0.4) is 0 Å². The Morgan fingerprint density at radius 2 is 2.00 bits per heavy atom. The molecule has 3 N–H and O–H groups in total. The number of anilines is 3. The van der Waals surface area contributed by atoms with Crippen LogP contribution in [0.1, 0.15) is 44.9 Å². The fourth-order valence-corrected chi connectivity index (χ4v) is 4.95. The van der Waals surface area contributed by atoms with Crippen molar-refractivity contribution in [2.24, 2.45) is 5.41 Å². The third-order valence-electron chi connectivity index (χ3n) is 6.96. The van der Waals surface area contributed by atoms with E-state index in [9.17, 15) is 9.90 Å². The third-order valence-corrected chi connectivity index (χ3v) is 6.96. The standard InChI is InChI=1S/C26H33N7O3/c1-16-15-36-12-11-33(16)23-21-19(26(2,3)4)13-32(25(34)35)14-20(21)30-22(31-23)17-5-7-18(8-6-17)29-24-27-9-10-28-24/h5-10,16,19H,11-15H2,1-4H3,(H,34,35)(H2,27,28,29)/t16?,19-/m1/s1. The Morgan fingerprint density at radius 1 is 1.22 bits per heavy atom. The molecule has 10 heteroatoms. The summed E-state index contributed by atoms with van der Waals surface area (Å²) < 4.78 is 5.71. The minimum absolute atomic E-state index is 0.0312. The first-order valence-electron chi connectivity index (χ1n) is 12.3. The maximum Gasteiger partial charge on any atom is 0.407 e. The quantitative estimate of drug-likeness (QED) is 0.489. The number of hydrogen-bond donors (Lipinski definition) is 3. The van der Waals surface area contributed by atoms with Crippen molar-refractivity contribution in [3.05, 3.63) is 47.9 Å². The van der Waals surface area contributed by atoms with Crippen LogP contribution in [-0.4, -0.2) is 68.4 Å². The maximum atomic E-state index is 12.0. The fourth-order valence-electron chi connectivity index (χ4n) is 4.95. The van der Waals surface area contributed by atoms with Gasteiger partial charge in [-0.2, -0.15) is 0 Å². The van der Waals surface area contributed by atoms with Crippen LogP contribution in [-0.2, 0) is 11.3 Å². The minimum atomic E-state index is -0.926. The lowest BCUT2D eigenvalue weighted by Crippen LogP contribution is -2.47. The molecular formula is C26H33N7O3. The highest BCUT2D eigenvalue weighted by molar-refractivity contribution is 5.69. The van der Waals surface area contributed by atoms with Gasteiger partial charge < -0.3 is 29.9 Å². The van der Waals surface area contributed by atoms with E-state index in [0.717, 1.165) is 34.9 Å². The van der Waals surface area contributed by atoms with Gasteiger partial charge in [0.15, 0.2) is 5.82 Å². The fraction of sp³-hybridized carbons (Fsp3) is 0.462. The van der Waals surface area contributed by atoms with Crippen LogP contribution in [0, 0.1) is 5.41 Å². The van der Waals surface area contributed by atoms with E-state index in [1.54, 1.807) is 12.4 Å². The summed E-state index contributed by atoms with van der Waals surface area (Å²) >= 11 is 0. The molecule has 4 heterocycles. The lowest BCUT2D eigenvalue weighted by atomic mass is 9.74. The highest BCUT2D eigenvalue weighted by Crippen LogP contribution is 2.45. The zero-order valence-electron chi connectivity index (χ0n) is 21.2. The molecule has 0 spiro atoms. The maximum absolute atomic E-state index is 12.0. The highest BCUT2D eigenvalue weighted by atomic mass is 16.5. The van der Waals surface area contributed by atoms with Gasteiger partial charge in [0.05, 0.1) is 31.5 Å². The molecule has 2 aromatic heterocycles. The average Bonchev–Trinajstić information content (AvgIpc) is 3.36. The molecule has 3 aromatic rings. The summed E-state index contributed by atoms with van der Waals surface area (Å²) in [6.07, 6.45) is 2.53. The first-order valence-corrected chi connectivity index (χ1v) is 12.3. The number of fused-ring (bicyclic) bond motifs is 1. The van der Waals surface area contributed by atoms with E-state index in [0.29, 0.717) is 31.5 Å². The Morgan fingerprint density at radius 3 is 2.64 bits per heavy atom. The van der Waals surface area contributed by atoms with Gasteiger partial charge in [0.25, 0.3) is 0 Å². The van der Waals surface area contributed by atoms with E-state index in [1.807, 2.05) is 24.3 Å². The molecule has 1 saturated heterocycles. The molecular weight excluding hydrogens is 458 g/mol. The molecule has 190 valence electrons. The zero-order valence-corrected chi connectivity index (χ0v) is 21.2. The molecule has 0 bridgehead atoms. The molecule has 0 aliphatic carbocycles. The Kier molecular flexibility index (Phi) is 6.29. The van der Waals surface area contributed by atoms with Crippen LogP contribution in [0.5, 0.6) is 0 Å². The molecule has 0 saturated carbocycles. The van der Waals surface area contributed by atoms with Crippen molar-refractivity contribution in [2.75, 3.05) is 36.5 Å². The first-order chi connectivity index (χ1) is 17.2. The number of imidazole rings is 1. The highest BCUT2D eigenvalue weighted by Gasteiger charge is 2.40. The molecule has 10 nitrogen and oxygen atoms in total. The third kappa shape index (κ3) is 4.73. The molecule has 1 unspecified atom stereocenters. The summed E-state index contributed by atoms with van der Waals surface area (Å²) in [4.78, 5) is 33.1. The van der Waals surface area contributed by atoms with Crippen molar-refractivity contribution >= 4 is 23.5 Å². The Bertz CT molecular complexity index is 1220. The van der Waals surface area contributed by atoms with Gasteiger partial charge in [0.2, 0.25) is 5.95 Å². The van der Waals surface area contributed by atoms with Crippen molar-refractivity contribution in [3.63, 3.8) is 0 Å². The summed E-state index contributed by atoms with van der Waals surface area (Å²) in [5.41, 5.74) is 3.42. The number of morpholine rings is 1. The summed E-state index contributed by atoms with van der Waals surface area (Å²) in [5.74, 6) is 2.12.